The summed E-state index contributed by atoms with van der Waals surface area (Å²) in [6.07, 6.45) is 0.0683. The molecule has 1 aromatic carbocycles. The van der Waals surface area contributed by atoms with Crippen molar-refractivity contribution in [3.63, 3.8) is 0 Å². The SMILES string of the molecule is N[C@@H]1CN(Cc2ccc3c(c2)C(=O)N(C2CCC(=O)NC2=O)C3)CC[C@H]1F. The summed E-state index contributed by atoms with van der Waals surface area (Å²) in [6, 6.07) is 4.66. The highest BCUT2D eigenvalue weighted by atomic mass is 19.1. The molecular formula is C19H23FN4O3. The summed E-state index contributed by atoms with van der Waals surface area (Å²) in [7, 11) is 0. The van der Waals surface area contributed by atoms with Gasteiger partial charge >= 0.3 is 0 Å². The molecule has 0 bridgehead atoms. The quantitative estimate of drug-likeness (QED) is 0.743. The molecule has 3 N–H and O–H groups in total. The van der Waals surface area contributed by atoms with Crippen LogP contribution in [0.1, 0.15) is 40.7 Å². The summed E-state index contributed by atoms with van der Waals surface area (Å²) in [4.78, 5) is 39.9. The monoisotopic (exact) mass is 374 g/mol. The van der Waals surface area contributed by atoms with Gasteiger partial charge in [0.25, 0.3) is 5.91 Å². The fourth-order valence-corrected chi connectivity index (χ4v) is 4.13. The standard InChI is InChI=1S/C19H23FN4O3/c20-14-5-6-23(10-15(14)21)8-11-1-2-12-9-24(19(27)13(12)7-11)16-3-4-17(25)22-18(16)26/h1-2,7,14-16H,3-6,8-10,21H2,(H,22,25,26)/t14-,15-,16?/m1/s1. The van der Waals surface area contributed by atoms with Crippen LogP contribution in [0.2, 0.25) is 0 Å². The number of likely N-dealkylation sites (tertiary alicyclic amines) is 1. The molecule has 3 atom stereocenters. The Morgan fingerprint density at radius 2 is 2.04 bits per heavy atom. The van der Waals surface area contributed by atoms with Crippen LogP contribution >= 0.6 is 0 Å². The second-order valence-electron chi connectivity index (χ2n) is 7.60. The number of nitrogens with two attached hydrogens (primary N) is 1. The number of amides is 3. The molecule has 3 heterocycles. The summed E-state index contributed by atoms with van der Waals surface area (Å²) < 4.78 is 13.5. The van der Waals surface area contributed by atoms with Gasteiger partial charge in [0.1, 0.15) is 12.2 Å². The van der Waals surface area contributed by atoms with Gasteiger partial charge in [-0.2, -0.15) is 0 Å². The summed E-state index contributed by atoms with van der Waals surface area (Å²) in [5.41, 5.74) is 8.27. The van der Waals surface area contributed by atoms with Gasteiger partial charge in [0.15, 0.2) is 0 Å². The van der Waals surface area contributed by atoms with E-state index in [0.29, 0.717) is 44.6 Å². The maximum atomic E-state index is 13.5. The minimum Gasteiger partial charge on any atom is -0.324 e. The number of hydrogen-bond acceptors (Lipinski definition) is 5. The highest BCUT2D eigenvalue weighted by molar-refractivity contribution is 6.05. The van der Waals surface area contributed by atoms with Gasteiger partial charge in [-0.05, 0) is 30.0 Å². The number of alkyl halides is 1. The second kappa shape index (κ2) is 7.01. The smallest absolute Gasteiger partial charge is 0.255 e. The number of carbonyl (C=O) groups is 3. The van der Waals surface area contributed by atoms with Crippen LogP contribution in [0.15, 0.2) is 18.2 Å². The molecule has 7 nitrogen and oxygen atoms in total. The van der Waals surface area contributed by atoms with Crippen LogP contribution in [-0.2, 0) is 22.7 Å². The Kier molecular flexibility index (Phi) is 4.69. The van der Waals surface area contributed by atoms with Gasteiger partial charge < -0.3 is 10.6 Å². The van der Waals surface area contributed by atoms with Crippen molar-refractivity contribution in [2.75, 3.05) is 13.1 Å². The molecule has 3 amide bonds. The lowest BCUT2D eigenvalue weighted by Gasteiger charge is -2.33. The lowest BCUT2D eigenvalue weighted by molar-refractivity contribution is -0.136. The third kappa shape index (κ3) is 3.46. The van der Waals surface area contributed by atoms with Gasteiger partial charge in [-0.15, -0.1) is 0 Å². The molecule has 0 aromatic heterocycles. The Morgan fingerprint density at radius 3 is 2.78 bits per heavy atom. The second-order valence-corrected chi connectivity index (χ2v) is 7.60. The summed E-state index contributed by atoms with van der Waals surface area (Å²) in [5.74, 6) is -0.880. The Labute approximate surface area is 156 Å². The molecule has 1 aromatic rings. The highest BCUT2D eigenvalue weighted by Gasteiger charge is 2.39. The Morgan fingerprint density at radius 1 is 1.22 bits per heavy atom. The van der Waals surface area contributed by atoms with E-state index in [9.17, 15) is 18.8 Å². The van der Waals surface area contributed by atoms with E-state index in [1.807, 2.05) is 18.2 Å². The number of fused-ring (bicyclic) bond motifs is 1. The average molecular weight is 374 g/mol. The zero-order valence-corrected chi connectivity index (χ0v) is 15.0. The predicted molar refractivity (Wildman–Crippen MR) is 95.3 cm³/mol. The minimum absolute atomic E-state index is 0.180. The van der Waals surface area contributed by atoms with E-state index < -0.39 is 24.2 Å². The van der Waals surface area contributed by atoms with Crippen molar-refractivity contribution < 1.29 is 18.8 Å². The number of carbonyl (C=O) groups excluding carboxylic acids is 3. The van der Waals surface area contributed by atoms with E-state index in [1.54, 1.807) is 4.90 Å². The Balaban J connectivity index is 1.47. The molecule has 4 rings (SSSR count). The molecule has 2 fully saturated rings. The highest BCUT2D eigenvalue weighted by Crippen LogP contribution is 2.28. The summed E-state index contributed by atoms with van der Waals surface area (Å²) in [5, 5.41) is 2.31. The summed E-state index contributed by atoms with van der Waals surface area (Å²) in [6.45, 7) is 2.12. The number of nitrogens with zero attached hydrogens (tertiary/aromatic N) is 2. The van der Waals surface area contributed by atoms with Crippen molar-refractivity contribution in [3.05, 3.63) is 34.9 Å². The van der Waals surface area contributed by atoms with E-state index in [1.165, 1.54) is 0 Å². The van der Waals surface area contributed by atoms with Crippen molar-refractivity contribution in [1.82, 2.24) is 15.1 Å². The third-order valence-corrected chi connectivity index (χ3v) is 5.65. The number of benzene rings is 1. The van der Waals surface area contributed by atoms with E-state index in [-0.39, 0.29) is 18.2 Å². The first kappa shape index (κ1) is 18.1. The molecule has 2 saturated heterocycles. The van der Waals surface area contributed by atoms with Gasteiger partial charge in [0, 0.05) is 44.2 Å². The van der Waals surface area contributed by atoms with Crippen LogP contribution in [0.5, 0.6) is 0 Å². The van der Waals surface area contributed by atoms with Gasteiger partial charge in [0.05, 0.1) is 0 Å². The van der Waals surface area contributed by atoms with Gasteiger partial charge in [-0.25, -0.2) is 4.39 Å². The minimum atomic E-state index is -0.954. The molecule has 0 spiro atoms. The Bertz CT molecular complexity index is 799. The number of rotatable bonds is 3. The molecule has 3 aliphatic heterocycles. The average Bonchev–Trinajstić information content (AvgIpc) is 2.95. The fourth-order valence-electron chi connectivity index (χ4n) is 4.13. The number of halogens is 1. The number of imide groups is 1. The topological polar surface area (TPSA) is 95.7 Å². The van der Waals surface area contributed by atoms with Crippen LogP contribution in [0.4, 0.5) is 4.39 Å². The zero-order chi connectivity index (χ0) is 19.1. The zero-order valence-electron chi connectivity index (χ0n) is 15.0. The van der Waals surface area contributed by atoms with Crippen LogP contribution in [0.25, 0.3) is 0 Å². The molecule has 1 unspecified atom stereocenters. The van der Waals surface area contributed by atoms with Crippen LogP contribution in [-0.4, -0.2) is 58.9 Å². The molecule has 8 heteroatoms. The number of piperidine rings is 2. The fraction of sp³-hybridized carbons (Fsp3) is 0.526. The maximum absolute atomic E-state index is 13.5. The normalized spacial score (nSPS) is 29.0. The molecule has 0 aliphatic carbocycles. The first-order chi connectivity index (χ1) is 12.9. The largest absolute Gasteiger partial charge is 0.324 e. The number of nitrogens with one attached hydrogen (secondary N) is 1. The van der Waals surface area contributed by atoms with Crippen LogP contribution < -0.4 is 11.1 Å². The van der Waals surface area contributed by atoms with Crippen molar-refractivity contribution in [1.29, 1.82) is 0 Å². The van der Waals surface area contributed by atoms with Gasteiger partial charge in [-0.1, -0.05) is 12.1 Å². The van der Waals surface area contributed by atoms with E-state index in [2.05, 4.69) is 10.2 Å². The predicted octanol–water partition coefficient (Wildman–Crippen LogP) is 0.319. The maximum Gasteiger partial charge on any atom is 0.255 e. The molecule has 144 valence electrons. The first-order valence-corrected chi connectivity index (χ1v) is 9.31. The van der Waals surface area contributed by atoms with Crippen molar-refractivity contribution in [2.24, 2.45) is 5.73 Å². The lowest BCUT2D eigenvalue weighted by Crippen LogP contribution is -2.52. The first-order valence-electron chi connectivity index (χ1n) is 9.31. The van der Waals surface area contributed by atoms with Crippen molar-refractivity contribution in [3.8, 4) is 0 Å². The number of hydrogen-bond donors (Lipinski definition) is 2. The third-order valence-electron chi connectivity index (χ3n) is 5.65. The summed E-state index contributed by atoms with van der Waals surface area (Å²) >= 11 is 0. The molecular weight excluding hydrogens is 351 g/mol. The Hall–Kier alpha value is -2.32. The molecule has 0 radical (unpaired) electrons. The molecule has 27 heavy (non-hydrogen) atoms. The van der Waals surface area contributed by atoms with Gasteiger partial charge in [0.2, 0.25) is 11.8 Å². The van der Waals surface area contributed by atoms with Gasteiger partial charge in [-0.3, -0.25) is 24.6 Å². The van der Waals surface area contributed by atoms with E-state index in [4.69, 9.17) is 5.73 Å². The van der Waals surface area contributed by atoms with E-state index in [0.717, 1.165) is 11.1 Å². The molecule has 0 saturated carbocycles. The van der Waals surface area contributed by atoms with E-state index >= 15 is 0 Å². The lowest BCUT2D eigenvalue weighted by atomic mass is 10.0. The van der Waals surface area contributed by atoms with Crippen molar-refractivity contribution in [2.45, 2.75) is 50.6 Å². The van der Waals surface area contributed by atoms with Crippen molar-refractivity contribution >= 4 is 17.7 Å². The molecule has 3 aliphatic rings. The van der Waals surface area contributed by atoms with Crippen LogP contribution in [0, 0.1) is 0 Å². The van der Waals surface area contributed by atoms with Crippen LogP contribution in [0.3, 0.4) is 0 Å².